The average molecular weight is 340 g/mol. The molecule has 0 radical (unpaired) electrons. The molecule has 1 aliphatic heterocycles. The van der Waals surface area contributed by atoms with E-state index >= 15 is 0 Å². The number of benzene rings is 1. The van der Waals surface area contributed by atoms with Crippen LogP contribution in [0.4, 0.5) is 10.5 Å². The van der Waals surface area contributed by atoms with E-state index in [9.17, 15) is 14.4 Å². The van der Waals surface area contributed by atoms with Crippen LogP contribution in [0.3, 0.4) is 0 Å². The van der Waals surface area contributed by atoms with Gasteiger partial charge in [0.25, 0.3) is 11.8 Å². The Morgan fingerprint density at radius 2 is 2.04 bits per heavy atom. The Balaban J connectivity index is 1.88. The van der Waals surface area contributed by atoms with Gasteiger partial charge in [-0.05, 0) is 31.2 Å². The predicted octanol–water partition coefficient (Wildman–Crippen LogP) is -0.266. The molecule has 1 saturated heterocycles. The van der Waals surface area contributed by atoms with Crippen LogP contribution < -0.4 is 15.5 Å². The van der Waals surface area contributed by atoms with E-state index in [-0.39, 0.29) is 24.4 Å². The van der Waals surface area contributed by atoms with Crippen LogP contribution in [0.25, 0.3) is 0 Å². The second-order valence-electron chi connectivity index (χ2n) is 5.52. The summed E-state index contributed by atoms with van der Waals surface area (Å²) in [7, 11) is 1.75. The first-order valence-corrected chi connectivity index (χ1v) is 7.73. The molecule has 23 heavy (non-hydrogen) atoms. The summed E-state index contributed by atoms with van der Waals surface area (Å²) in [5.74, 6) is -0.493. The Morgan fingerprint density at radius 1 is 1.39 bits per heavy atom. The highest BCUT2D eigenvalue weighted by Gasteiger charge is 2.34. The van der Waals surface area contributed by atoms with Crippen molar-refractivity contribution in [2.75, 3.05) is 32.0 Å². The zero-order valence-electron chi connectivity index (χ0n) is 13.1. The van der Waals surface area contributed by atoms with Crippen LogP contribution in [0.5, 0.6) is 0 Å². The van der Waals surface area contributed by atoms with E-state index in [1.807, 2.05) is 0 Å². The third kappa shape index (κ3) is 4.43. The summed E-state index contributed by atoms with van der Waals surface area (Å²) in [6, 6.07) is 5.92. The summed E-state index contributed by atoms with van der Waals surface area (Å²) in [6.07, 6.45) is 0. The quantitative estimate of drug-likeness (QED) is 0.691. The van der Waals surface area contributed by atoms with Gasteiger partial charge < -0.3 is 15.5 Å². The first-order valence-electron chi connectivity index (χ1n) is 7.35. The molecule has 0 bridgehead atoms. The number of carbonyl (C=O) groups is 3. The van der Waals surface area contributed by atoms with Crippen LogP contribution in [-0.4, -0.2) is 55.5 Å². The maximum atomic E-state index is 12.3. The highest BCUT2D eigenvalue weighted by atomic mass is 35.5. The van der Waals surface area contributed by atoms with Crippen LogP contribution in [0.15, 0.2) is 24.3 Å². The first-order chi connectivity index (χ1) is 10.9. The van der Waals surface area contributed by atoms with E-state index in [1.54, 1.807) is 38.2 Å². The lowest BCUT2D eigenvalue weighted by molar-refractivity contribution is -0.886. The molecule has 2 rings (SSSR count). The highest BCUT2D eigenvalue weighted by Crippen LogP contribution is 2.12. The third-order valence-corrected chi connectivity index (χ3v) is 4.05. The topological polar surface area (TPSA) is 83.0 Å². The maximum Gasteiger partial charge on any atom is 0.324 e. The lowest BCUT2D eigenvalue weighted by Gasteiger charge is -2.23. The summed E-state index contributed by atoms with van der Waals surface area (Å²) >= 11 is 5.79. The van der Waals surface area contributed by atoms with Crippen LogP contribution in [0, 0.1) is 0 Å². The molecule has 1 fully saturated rings. The monoisotopic (exact) mass is 339 g/mol. The molecule has 1 heterocycles. The van der Waals surface area contributed by atoms with Gasteiger partial charge >= 0.3 is 6.03 Å². The normalized spacial score (nSPS) is 16.7. The summed E-state index contributed by atoms with van der Waals surface area (Å²) in [5, 5.41) is 5.93. The lowest BCUT2D eigenvalue weighted by Crippen LogP contribution is -3.15. The second kappa shape index (κ2) is 7.43. The number of urea groups is 1. The zero-order valence-corrected chi connectivity index (χ0v) is 13.8. The van der Waals surface area contributed by atoms with Gasteiger partial charge in [0, 0.05) is 23.8 Å². The van der Waals surface area contributed by atoms with Gasteiger partial charge in [-0.25, -0.2) is 4.79 Å². The van der Waals surface area contributed by atoms with E-state index in [0.717, 1.165) is 0 Å². The van der Waals surface area contributed by atoms with Crippen molar-refractivity contribution in [3.63, 3.8) is 0 Å². The minimum atomic E-state index is -0.491. The van der Waals surface area contributed by atoms with Crippen LogP contribution in [0.2, 0.25) is 5.02 Å². The fourth-order valence-electron chi connectivity index (χ4n) is 2.27. The smallest absolute Gasteiger partial charge is 0.324 e. The molecular formula is C15H20ClN4O3+. The number of nitrogens with zero attached hydrogens (tertiary/aromatic N) is 1. The number of likely N-dealkylation sites (N-methyl/N-ethyl adjacent to an activating group) is 1. The van der Waals surface area contributed by atoms with E-state index < -0.39 is 6.04 Å². The van der Waals surface area contributed by atoms with Gasteiger partial charge in [0.05, 0.1) is 7.05 Å². The van der Waals surface area contributed by atoms with Gasteiger partial charge in [0.2, 0.25) is 0 Å². The molecule has 2 atom stereocenters. The van der Waals surface area contributed by atoms with Gasteiger partial charge in [-0.3, -0.25) is 14.5 Å². The number of amides is 4. The van der Waals surface area contributed by atoms with Crippen molar-refractivity contribution in [2.45, 2.75) is 13.0 Å². The minimum absolute atomic E-state index is 0.116. The number of quaternary nitrogens is 1. The summed E-state index contributed by atoms with van der Waals surface area (Å²) in [5.41, 5.74) is 0.644. The molecule has 8 heteroatoms. The van der Waals surface area contributed by atoms with Gasteiger partial charge in [-0.2, -0.15) is 0 Å². The fraction of sp³-hybridized carbons (Fsp3) is 0.400. The van der Waals surface area contributed by atoms with E-state index in [2.05, 4.69) is 10.6 Å². The first kappa shape index (κ1) is 17.2. The van der Waals surface area contributed by atoms with Gasteiger partial charge in [-0.1, -0.05) is 11.6 Å². The molecule has 4 amide bonds. The number of anilines is 1. The number of carbonyl (C=O) groups excluding carboxylic acids is 3. The second-order valence-corrected chi connectivity index (χ2v) is 5.96. The number of hydrogen-bond acceptors (Lipinski definition) is 3. The molecule has 1 unspecified atom stereocenters. The van der Waals surface area contributed by atoms with E-state index in [1.165, 1.54) is 4.90 Å². The summed E-state index contributed by atoms with van der Waals surface area (Å²) in [6.45, 7) is 2.66. The maximum absolute atomic E-state index is 12.3. The Morgan fingerprint density at radius 3 is 2.61 bits per heavy atom. The molecule has 7 nitrogen and oxygen atoms in total. The fourth-order valence-corrected chi connectivity index (χ4v) is 2.40. The van der Waals surface area contributed by atoms with Crippen molar-refractivity contribution >= 4 is 35.1 Å². The van der Waals surface area contributed by atoms with Crippen molar-refractivity contribution in [1.29, 1.82) is 0 Å². The molecule has 0 aromatic heterocycles. The summed E-state index contributed by atoms with van der Waals surface area (Å²) < 4.78 is 0. The third-order valence-electron chi connectivity index (χ3n) is 3.80. The molecule has 124 valence electrons. The van der Waals surface area contributed by atoms with E-state index in [4.69, 9.17) is 11.6 Å². The van der Waals surface area contributed by atoms with Crippen molar-refractivity contribution in [2.24, 2.45) is 0 Å². The number of hydrogen-bond donors (Lipinski definition) is 3. The van der Waals surface area contributed by atoms with Crippen molar-refractivity contribution in [3.8, 4) is 0 Å². The largest absolute Gasteiger partial charge is 0.336 e. The van der Waals surface area contributed by atoms with Crippen molar-refractivity contribution < 1.29 is 19.3 Å². The summed E-state index contributed by atoms with van der Waals surface area (Å²) in [4.78, 5) is 37.7. The van der Waals surface area contributed by atoms with Crippen molar-refractivity contribution in [3.05, 3.63) is 29.3 Å². The Bertz CT molecular complexity index is 605. The highest BCUT2D eigenvalue weighted by molar-refractivity contribution is 6.30. The zero-order chi connectivity index (χ0) is 17.0. The number of halogens is 1. The molecular weight excluding hydrogens is 320 g/mol. The molecule has 0 saturated carbocycles. The lowest BCUT2D eigenvalue weighted by atomic mass is 10.2. The van der Waals surface area contributed by atoms with Crippen LogP contribution in [-0.2, 0) is 9.59 Å². The van der Waals surface area contributed by atoms with Gasteiger partial charge in [-0.15, -0.1) is 0 Å². The molecule has 1 aromatic carbocycles. The predicted molar refractivity (Wildman–Crippen MR) is 86.4 cm³/mol. The molecule has 1 aromatic rings. The average Bonchev–Trinajstić information content (AvgIpc) is 2.94. The molecule has 1 aliphatic rings. The van der Waals surface area contributed by atoms with Gasteiger partial charge in [0.15, 0.2) is 12.6 Å². The minimum Gasteiger partial charge on any atom is -0.336 e. The number of imide groups is 1. The van der Waals surface area contributed by atoms with Crippen LogP contribution in [0.1, 0.15) is 6.92 Å². The van der Waals surface area contributed by atoms with Crippen LogP contribution >= 0.6 is 11.6 Å². The number of nitrogens with one attached hydrogen (secondary N) is 3. The SMILES string of the molecule is C[C@H](C(=O)N1CCNC1=O)[NH+](C)CC(=O)Nc1ccc(Cl)cc1. The molecule has 0 spiro atoms. The van der Waals surface area contributed by atoms with Gasteiger partial charge in [0.1, 0.15) is 0 Å². The Kier molecular flexibility index (Phi) is 5.57. The Hall–Kier alpha value is -2.12. The Labute approximate surface area is 139 Å². The standard InChI is InChI=1S/C15H19ClN4O3/c1-10(14(22)20-8-7-17-15(20)23)19(2)9-13(21)18-12-5-3-11(16)4-6-12/h3-6,10H,7-9H2,1-2H3,(H,17,23)(H,18,21)/p+1/t10-/m1/s1. The van der Waals surface area contributed by atoms with E-state index in [0.29, 0.717) is 28.7 Å². The number of rotatable bonds is 5. The molecule has 3 N–H and O–H groups in total. The molecule has 0 aliphatic carbocycles. The van der Waals surface area contributed by atoms with Crippen molar-refractivity contribution in [1.82, 2.24) is 10.2 Å².